The Morgan fingerprint density at radius 2 is 0.879 bits per heavy atom. The maximum atomic E-state index is 13.0. The van der Waals surface area contributed by atoms with E-state index in [-0.39, 0.29) is 36.4 Å². The predicted molar refractivity (Wildman–Crippen MR) is 349 cm³/mol. The van der Waals surface area contributed by atoms with Crippen LogP contribution in [0, 0.1) is 11.8 Å². The molecule has 3 aliphatic heterocycles. The van der Waals surface area contributed by atoms with Crippen LogP contribution in [0.15, 0.2) is 201 Å². The summed E-state index contributed by atoms with van der Waals surface area (Å²) in [6, 6.07) is 54.9. The van der Waals surface area contributed by atoms with Gasteiger partial charge in [-0.05, 0) is 164 Å². The summed E-state index contributed by atoms with van der Waals surface area (Å²) in [7, 11) is 0. The molecule has 15 rings (SSSR count). The zero-order valence-corrected chi connectivity index (χ0v) is 51.4. The number of aliphatic hydroxyl groups excluding tert-OH is 1. The zero-order chi connectivity index (χ0) is 62.3. The zero-order valence-electron chi connectivity index (χ0n) is 51.4. The lowest BCUT2D eigenvalue weighted by Gasteiger charge is -2.43. The van der Waals surface area contributed by atoms with Crippen LogP contribution in [-0.2, 0) is 34.0 Å². The van der Waals surface area contributed by atoms with Gasteiger partial charge in [0.25, 0.3) is 17.7 Å². The minimum absolute atomic E-state index is 0.0135. The molecule has 0 saturated heterocycles. The molecule has 468 valence electrons. The molecule has 3 aromatic heterocycles. The highest BCUT2D eigenvalue weighted by atomic mass is 16.5. The van der Waals surface area contributed by atoms with Gasteiger partial charge >= 0.3 is 0 Å². The number of aromatic nitrogens is 6. The molecular weight excluding hydrogens is 1140 g/mol. The van der Waals surface area contributed by atoms with Crippen molar-refractivity contribution < 1.29 is 33.7 Å². The number of para-hydroxylation sites is 6. The molecular formula is C72H78N12O7. The van der Waals surface area contributed by atoms with E-state index in [9.17, 15) is 19.5 Å². The van der Waals surface area contributed by atoms with E-state index in [0.717, 1.165) is 89.7 Å². The maximum Gasteiger partial charge on any atom is 0.263 e. The van der Waals surface area contributed by atoms with Crippen LogP contribution in [0.5, 0.6) is 17.2 Å². The van der Waals surface area contributed by atoms with Gasteiger partial charge in [0, 0.05) is 68.9 Å². The molecule has 3 unspecified atom stereocenters. The van der Waals surface area contributed by atoms with E-state index in [1.807, 2.05) is 124 Å². The van der Waals surface area contributed by atoms with Crippen molar-refractivity contribution in [3.8, 4) is 34.3 Å². The molecule has 4 N–H and O–H groups in total. The van der Waals surface area contributed by atoms with Gasteiger partial charge in [-0.15, -0.1) is 0 Å². The number of rotatable bonds is 16. The van der Waals surface area contributed by atoms with Crippen LogP contribution in [0.3, 0.4) is 0 Å². The Labute approximate surface area is 530 Å². The van der Waals surface area contributed by atoms with Crippen molar-refractivity contribution in [2.75, 3.05) is 40.9 Å². The molecule has 0 radical (unpaired) electrons. The Morgan fingerprint density at radius 1 is 0.495 bits per heavy atom. The average molecular weight is 1220 g/mol. The molecule has 19 nitrogen and oxygen atoms in total. The van der Waals surface area contributed by atoms with Crippen LogP contribution >= 0.6 is 0 Å². The summed E-state index contributed by atoms with van der Waals surface area (Å²) in [5, 5.41) is 31.9. The van der Waals surface area contributed by atoms with E-state index in [4.69, 9.17) is 14.2 Å². The van der Waals surface area contributed by atoms with Gasteiger partial charge in [0.2, 0.25) is 0 Å². The van der Waals surface area contributed by atoms with E-state index >= 15 is 0 Å². The number of carbonyl (C=O) groups excluding carboxylic acids is 3. The molecule has 0 bridgehead atoms. The van der Waals surface area contributed by atoms with Gasteiger partial charge in [0.1, 0.15) is 17.2 Å². The lowest BCUT2D eigenvalue weighted by Crippen LogP contribution is -2.60. The molecule has 6 aromatic carbocycles. The number of amides is 3. The fraction of sp³-hybridized carbons (Fsp3) is 0.333. The fourth-order valence-electron chi connectivity index (χ4n) is 12.7. The van der Waals surface area contributed by atoms with Crippen molar-refractivity contribution in [2.45, 2.75) is 114 Å². The summed E-state index contributed by atoms with van der Waals surface area (Å²) in [5.41, 5.74) is 9.08. The third kappa shape index (κ3) is 14.0. The summed E-state index contributed by atoms with van der Waals surface area (Å²) < 4.78 is 23.7. The third-order valence-corrected chi connectivity index (χ3v) is 18.4. The number of nitrogens with zero attached hydrogens (tertiary/aromatic N) is 9. The van der Waals surface area contributed by atoms with Gasteiger partial charge < -0.3 is 50.0 Å². The van der Waals surface area contributed by atoms with Crippen molar-refractivity contribution in [3.05, 3.63) is 218 Å². The molecule has 0 spiro atoms. The monoisotopic (exact) mass is 1220 g/mol. The quantitative estimate of drug-likeness (QED) is 0.0714. The van der Waals surface area contributed by atoms with Crippen LogP contribution in [0.2, 0.25) is 0 Å². The Hall–Kier alpha value is -9.88. The van der Waals surface area contributed by atoms with Gasteiger partial charge in [-0.25, -0.2) is 14.0 Å². The number of carbonyl (C=O) groups is 3. The molecule has 5 atom stereocenters. The van der Waals surface area contributed by atoms with Crippen molar-refractivity contribution in [1.82, 2.24) is 45.3 Å². The first kappa shape index (κ1) is 60.1. The molecule has 3 saturated carbocycles. The number of ether oxygens (including phenoxy) is 3. The Bertz CT molecular complexity index is 3870. The molecule has 9 aromatic rings. The van der Waals surface area contributed by atoms with E-state index < -0.39 is 23.9 Å². The first-order chi connectivity index (χ1) is 44.5. The smallest absolute Gasteiger partial charge is 0.263 e. The van der Waals surface area contributed by atoms with Crippen molar-refractivity contribution in [2.24, 2.45) is 11.8 Å². The Balaban J connectivity index is 0.000000125. The lowest BCUT2D eigenvalue weighted by molar-refractivity contribution is -0.132. The largest absolute Gasteiger partial charge is 0.477 e. The van der Waals surface area contributed by atoms with Gasteiger partial charge in [-0.1, -0.05) is 86.6 Å². The summed E-state index contributed by atoms with van der Waals surface area (Å²) in [6.07, 6.45) is 16.4. The van der Waals surface area contributed by atoms with E-state index in [1.54, 1.807) is 18.6 Å². The first-order valence-electron chi connectivity index (χ1n) is 31.8. The molecule has 91 heavy (non-hydrogen) atoms. The second-order valence-corrected chi connectivity index (χ2v) is 24.9. The van der Waals surface area contributed by atoms with E-state index in [0.29, 0.717) is 56.9 Å². The minimum Gasteiger partial charge on any atom is -0.477 e. The van der Waals surface area contributed by atoms with Crippen molar-refractivity contribution >= 4 is 34.8 Å². The minimum atomic E-state index is -0.623. The Morgan fingerprint density at radius 3 is 1.20 bits per heavy atom. The SMILES string of the molecule is CC1CC(NC(=O)C2CN(Cc3ccc(-n4cccn4)cc3)c3ccccc3O2)C1.C[C@@H]1CC[C@H]1NC(=O)C1CN(Cc2ccc(-n3cccn3)cc2)c2ccccc2O1.O=C(NC1(CO)CCC1)C1CN(Cc2ccc(-n3cccn3)cc2)c2ccccc2O1. The predicted octanol–water partition coefficient (Wildman–Crippen LogP) is 9.78. The van der Waals surface area contributed by atoms with Crippen molar-refractivity contribution in [1.29, 1.82) is 0 Å². The van der Waals surface area contributed by atoms with Crippen molar-refractivity contribution in [3.63, 3.8) is 0 Å². The summed E-state index contributed by atoms with van der Waals surface area (Å²) in [5.74, 6) is 3.29. The fourth-order valence-corrected chi connectivity index (χ4v) is 12.7. The molecule has 6 heterocycles. The normalized spacial score (nSPS) is 21.4. The number of nitrogens with one attached hydrogen (secondary N) is 3. The second kappa shape index (κ2) is 27.1. The summed E-state index contributed by atoms with van der Waals surface area (Å²) >= 11 is 0. The van der Waals surface area contributed by atoms with Crippen LogP contribution in [0.25, 0.3) is 17.1 Å². The summed E-state index contributed by atoms with van der Waals surface area (Å²) in [4.78, 5) is 45.3. The van der Waals surface area contributed by atoms with Gasteiger partial charge in [0.15, 0.2) is 18.3 Å². The summed E-state index contributed by atoms with van der Waals surface area (Å²) in [6.45, 7) is 7.97. The Kier molecular flexibility index (Phi) is 17.9. The first-order valence-corrected chi connectivity index (χ1v) is 31.8. The number of hydrogen-bond acceptors (Lipinski definition) is 13. The molecule has 3 amide bonds. The molecule has 6 aliphatic rings. The average Bonchev–Trinajstić information content (AvgIpc) is 1.84. The molecule has 3 fully saturated rings. The second-order valence-electron chi connectivity index (χ2n) is 24.9. The topological polar surface area (TPSA) is 198 Å². The van der Waals surface area contributed by atoms with Crippen LogP contribution in [0.4, 0.5) is 17.1 Å². The third-order valence-electron chi connectivity index (χ3n) is 18.4. The highest BCUT2D eigenvalue weighted by Gasteiger charge is 2.42. The standard InChI is InChI=1S/C24H26N4O3.2C24H26N4O2/c29-17-24(11-3-12-24)26-23(30)22-16-27(20-5-1-2-6-21(20)31-22)15-18-7-9-19(10-8-18)28-14-4-13-25-28;1-17-7-12-20(17)26-24(29)23-16-27(21-5-2-3-6-22(21)30-23)15-18-8-10-19(11-9-18)28-14-4-13-25-28;1-17-13-19(14-17)26-24(29)23-16-27(21-5-2-3-6-22(21)30-23)15-18-7-9-20(10-8-18)28-12-4-11-25-28/h1-2,4-10,13-14,22,29H,3,11-12,15-17H2,(H,26,30);2-6,8-11,13-14,17,20,23H,7,12,15-16H2,1H3,(H,26,29);2-12,17,19,23H,13-16H2,1H3,(H,26,29)/t;17-,20-,23?;/m.1./s1. The number of aliphatic hydroxyl groups is 1. The van der Waals surface area contributed by atoms with Crippen LogP contribution in [-0.4, -0.2) is 114 Å². The number of hydrogen-bond donors (Lipinski definition) is 4. The lowest BCUT2D eigenvalue weighted by atomic mass is 9.77. The maximum absolute atomic E-state index is 13.0. The number of anilines is 3. The number of fused-ring (bicyclic) bond motifs is 3. The molecule has 3 aliphatic carbocycles. The highest BCUT2D eigenvalue weighted by molar-refractivity contribution is 5.85. The van der Waals surface area contributed by atoms with Gasteiger partial charge in [-0.3, -0.25) is 14.4 Å². The van der Waals surface area contributed by atoms with Gasteiger partial charge in [-0.2, -0.15) is 15.3 Å². The van der Waals surface area contributed by atoms with E-state index in [2.05, 4.69) is 133 Å². The molecule has 19 heteroatoms. The van der Waals surface area contributed by atoms with Gasteiger partial charge in [0.05, 0.1) is 65.9 Å². The van der Waals surface area contributed by atoms with Crippen LogP contribution in [0.1, 0.15) is 75.5 Å². The van der Waals surface area contributed by atoms with E-state index in [1.165, 1.54) is 17.5 Å². The highest BCUT2D eigenvalue weighted by Crippen LogP contribution is 2.39. The number of benzene rings is 6. The van der Waals surface area contributed by atoms with Crippen LogP contribution < -0.4 is 44.9 Å².